The Balaban J connectivity index is 1.45. The van der Waals surface area contributed by atoms with Gasteiger partial charge in [-0.25, -0.2) is 0 Å². The van der Waals surface area contributed by atoms with Gasteiger partial charge in [0.15, 0.2) is 0 Å². The van der Waals surface area contributed by atoms with E-state index in [-0.39, 0.29) is 5.60 Å². The minimum atomic E-state index is -0.284. The Morgan fingerprint density at radius 1 is 1.05 bits per heavy atom. The Labute approximate surface area is 115 Å². The van der Waals surface area contributed by atoms with Crippen molar-refractivity contribution in [1.29, 1.82) is 0 Å². The van der Waals surface area contributed by atoms with E-state index in [4.69, 9.17) is 0 Å². The molecule has 1 aromatic carbocycles. The minimum Gasteiger partial charge on any atom is -0.390 e. The van der Waals surface area contributed by atoms with Gasteiger partial charge in [-0.1, -0.05) is 30.3 Å². The van der Waals surface area contributed by atoms with Crippen molar-refractivity contribution >= 4 is 0 Å². The van der Waals surface area contributed by atoms with Crippen molar-refractivity contribution in [2.24, 2.45) is 17.8 Å². The van der Waals surface area contributed by atoms with E-state index in [1.54, 1.807) is 0 Å². The van der Waals surface area contributed by atoms with Gasteiger partial charge >= 0.3 is 0 Å². The Bertz CT molecular complexity index is 442. The van der Waals surface area contributed by atoms with Gasteiger partial charge in [-0.3, -0.25) is 0 Å². The molecule has 0 amide bonds. The number of aliphatic hydroxyl groups is 1. The maximum absolute atomic E-state index is 10.6. The van der Waals surface area contributed by atoms with Crippen LogP contribution in [0, 0.1) is 17.8 Å². The zero-order valence-corrected chi connectivity index (χ0v) is 11.5. The predicted molar refractivity (Wildman–Crippen MR) is 74.4 cm³/mol. The van der Waals surface area contributed by atoms with Crippen LogP contribution in [0.3, 0.4) is 0 Å². The summed E-state index contributed by atoms with van der Waals surface area (Å²) in [7, 11) is 0. The molecule has 0 spiro atoms. The summed E-state index contributed by atoms with van der Waals surface area (Å²) in [4.78, 5) is 0. The molecule has 4 fully saturated rings. The first-order valence-electron chi connectivity index (χ1n) is 7.81. The number of nitrogens with two attached hydrogens (primary N) is 1. The van der Waals surface area contributed by atoms with Gasteiger partial charge in [0.25, 0.3) is 0 Å². The molecule has 0 saturated heterocycles. The molecule has 2 heteroatoms. The lowest BCUT2D eigenvalue weighted by atomic mass is 9.52. The van der Waals surface area contributed by atoms with Crippen LogP contribution in [0.1, 0.15) is 37.7 Å². The Morgan fingerprint density at radius 3 is 2.37 bits per heavy atom. The summed E-state index contributed by atoms with van der Waals surface area (Å²) in [5.74, 6) is 2.35. The van der Waals surface area contributed by atoms with E-state index < -0.39 is 0 Å². The van der Waals surface area contributed by atoms with Crippen LogP contribution in [0.5, 0.6) is 0 Å². The normalized spacial score (nSPS) is 43.6. The summed E-state index contributed by atoms with van der Waals surface area (Å²) in [6.45, 7) is 1.10. The largest absolute Gasteiger partial charge is 0.390 e. The van der Waals surface area contributed by atoms with Gasteiger partial charge in [0.05, 0.1) is 11.6 Å². The monoisotopic (exact) mass is 258 g/mol. The molecule has 4 bridgehead atoms. The van der Waals surface area contributed by atoms with E-state index in [1.165, 1.54) is 18.4 Å². The fraction of sp³-hybridized carbons (Fsp3) is 0.647. The second-order valence-electron chi connectivity index (χ2n) is 7.20. The first-order valence-corrected chi connectivity index (χ1v) is 7.81. The summed E-state index contributed by atoms with van der Waals surface area (Å²) in [6, 6.07) is 11.5. The van der Waals surface area contributed by atoms with Gasteiger partial charge in [0.2, 0.25) is 0 Å². The van der Waals surface area contributed by atoms with Crippen LogP contribution in [0.25, 0.3) is 0 Å². The maximum Gasteiger partial charge on any atom is 0.101 e. The Kier molecular flexibility index (Phi) is 2.71. The van der Waals surface area contributed by atoms with Crippen molar-refractivity contribution in [2.75, 3.05) is 0 Å². The van der Waals surface area contributed by atoms with Gasteiger partial charge in [-0.2, -0.15) is 0 Å². The third-order valence-corrected chi connectivity index (χ3v) is 5.78. The van der Waals surface area contributed by atoms with Crippen molar-refractivity contribution in [3.63, 3.8) is 0 Å². The Morgan fingerprint density at radius 2 is 1.74 bits per heavy atom. The summed E-state index contributed by atoms with van der Waals surface area (Å²) in [6.07, 6.45) is 5.96. The van der Waals surface area contributed by atoms with Crippen LogP contribution < -0.4 is 5.32 Å². The maximum atomic E-state index is 10.6. The molecular formula is C17H24NO+. The predicted octanol–water partition coefficient (Wildman–Crippen LogP) is 1.69. The Hall–Kier alpha value is -0.860. The first kappa shape index (κ1) is 11.9. The van der Waals surface area contributed by atoms with Crippen molar-refractivity contribution < 1.29 is 10.4 Å². The molecule has 0 radical (unpaired) electrons. The quantitative estimate of drug-likeness (QED) is 0.850. The molecule has 1 aromatic rings. The second kappa shape index (κ2) is 4.32. The van der Waals surface area contributed by atoms with Crippen LogP contribution in [-0.4, -0.2) is 16.7 Å². The molecule has 5 rings (SSSR count). The number of rotatable bonds is 3. The average molecular weight is 258 g/mol. The molecule has 0 aliphatic heterocycles. The molecule has 3 N–H and O–H groups in total. The fourth-order valence-electron chi connectivity index (χ4n) is 5.29. The highest BCUT2D eigenvalue weighted by Gasteiger charge is 2.56. The highest BCUT2D eigenvalue weighted by Crippen LogP contribution is 2.54. The first-order chi connectivity index (χ1) is 9.22. The molecule has 3 unspecified atom stereocenters. The third-order valence-electron chi connectivity index (χ3n) is 5.78. The number of hydrogen-bond acceptors (Lipinski definition) is 1. The van der Waals surface area contributed by atoms with Crippen molar-refractivity contribution in [3.8, 4) is 0 Å². The SMILES string of the molecule is OC12CC3C[C@H](C1)C([NH2+]Cc1ccccc1)[C@@H](C3)C2. The summed E-state index contributed by atoms with van der Waals surface area (Å²) < 4.78 is 0. The van der Waals surface area contributed by atoms with Crippen LogP contribution in [0.2, 0.25) is 0 Å². The lowest BCUT2D eigenvalue weighted by Gasteiger charge is -2.56. The lowest BCUT2D eigenvalue weighted by Crippen LogP contribution is -2.93. The van der Waals surface area contributed by atoms with Crippen LogP contribution in [0.4, 0.5) is 0 Å². The number of hydrogen-bond donors (Lipinski definition) is 2. The van der Waals surface area contributed by atoms with E-state index in [0.29, 0.717) is 0 Å². The average Bonchev–Trinajstić information content (AvgIpc) is 2.37. The van der Waals surface area contributed by atoms with E-state index in [0.717, 1.165) is 49.6 Å². The van der Waals surface area contributed by atoms with E-state index >= 15 is 0 Å². The topological polar surface area (TPSA) is 36.8 Å². The molecule has 0 aromatic heterocycles. The highest BCUT2D eigenvalue weighted by atomic mass is 16.3. The minimum absolute atomic E-state index is 0.284. The van der Waals surface area contributed by atoms with Gasteiger partial charge < -0.3 is 10.4 Å². The molecule has 2 nitrogen and oxygen atoms in total. The molecule has 0 heterocycles. The summed E-state index contributed by atoms with van der Waals surface area (Å²) in [5.41, 5.74) is 1.14. The molecule has 5 atom stereocenters. The molecule has 4 aliphatic carbocycles. The summed E-state index contributed by atoms with van der Waals surface area (Å²) in [5, 5.41) is 13.2. The molecule has 19 heavy (non-hydrogen) atoms. The second-order valence-corrected chi connectivity index (χ2v) is 7.20. The van der Waals surface area contributed by atoms with Crippen LogP contribution in [0.15, 0.2) is 30.3 Å². The smallest absolute Gasteiger partial charge is 0.101 e. The van der Waals surface area contributed by atoms with E-state index in [2.05, 4.69) is 35.6 Å². The van der Waals surface area contributed by atoms with Crippen molar-refractivity contribution in [3.05, 3.63) is 35.9 Å². The third kappa shape index (κ3) is 2.11. The van der Waals surface area contributed by atoms with Gasteiger partial charge in [-0.05, 0) is 38.0 Å². The zero-order chi connectivity index (χ0) is 12.9. The fourth-order valence-corrected chi connectivity index (χ4v) is 5.29. The molecular weight excluding hydrogens is 234 g/mol. The highest BCUT2D eigenvalue weighted by molar-refractivity contribution is 5.13. The van der Waals surface area contributed by atoms with Crippen molar-refractivity contribution in [1.82, 2.24) is 0 Å². The molecule has 102 valence electrons. The zero-order valence-electron chi connectivity index (χ0n) is 11.5. The number of benzene rings is 1. The lowest BCUT2D eigenvalue weighted by molar-refractivity contribution is -0.724. The van der Waals surface area contributed by atoms with Crippen LogP contribution in [-0.2, 0) is 6.54 Å². The van der Waals surface area contributed by atoms with Crippen molar-refractivity contribution in [2.45, 2.75) is 50.3 Å². The van der Waals surface area contributed by atoms with E-state index in [1.807, 2.05) is 0 Å². The van der Waals surface area contributed by atoms with Gasteiger partial charge in [0.1, 0.15) is 6.54 Å². The molecule has 4 saturated carbocycles. The van der Waals surface area contributed by atoms with Gasteiger partial charge in [-0.15, -0.1) is 0 Å². The van der Waals surface area contributed by atoms with Gasteiger partial charge in [0, 0.05) is 17.4 Å². The summed E-state index contributed by atoms with van der Waals surface area (Å²) >= 11 is 0. The molecule has 4 aliphatic rings. The van der Waals surface area contributed by atoms with E-state index in [9.17, 15) is 5.11 Å². The number of quaternary nitrogens is 1. The van der Waals surface area contributed by atoms with Crippen LogP contribution >= 0.6 is 0 Å². The standard InChI is InChI=1S/C17H23NO/c19-17-8-13-6-14(9-17)16(15(7-13)10-17)18-11-12-4-2-1-3-5-12/h1-5,13-16,18-19H,6-11H2/p+1/t13?,14-,15+,16?,17?.